The van der Waals surface area contributed by atoms with Crippen molar-refractivity contribution in [3.63, 3.8) is 0 Å². The third kappa shape index (κ3) is 4.42. The number of carbonyl (C=O) groups is 1. The number of rotatable bonds is 5. The summed E-state index contributed by atoms with van der Waals surface area (Å²) in [6, 6.07) is 7.99. The largest absolute Gasteiger partial charge is 0.378 e. The lowest BCUT2D eigenvalue weighted by molar-refractivity contribution is -0.113. The molecule has 1 aliphatic carbocycles. The molecule has 0 spiro atoms. The molecule has 3 heterocycles. The summed E-state index contributed by atoms with van der Waals surface area (Å²) in [6.45, 7) is 5.41. The van der Waals surface area contributed by atoms with Crippen LogP contribution in [0.4, 0.5) is 11.4 Å². The van der Waals surface area contributed by atoms with Crippen molar-refractivity contribution >= 4 is 50.6 Å². The molecule has 0 unspecified atom stereocenters. The number of thioether (sulfide) groups is 1. The number of ether oxygens (including phenoxy) is 1. The van der Waals surface area contributed by atoms with E-state index in [-0.39, 0.29) is 5.91 Å². The zero-order chi connectivity index (χ0) is 21.2. The Kier molecular flexibility index (Phi) is 6.11. The van der Waals surface area contributed by atoms with Crippen molar-refractivity contribution in [2.75, 3.05) is 42.3 Å². The van der Waals surface area contributed by atoms with Gasteiger partial charge in [0.15, 0.2) is 0 Å². The predicted molar refractivity (Wildman–Crippen MR) is 127 cm³/mol. The highest BCUT2D eigenvalue weighted by molar-refractivity contribution is 8.00. The molecule has 2 aliphatic rings. The van der Waals surface area contributed by atoms with Crippen LogP contribution in [0, 0.1) is 5.92 Å². The summed E-state index contributed by atoms with van der Waals surface area (Å²) >= 11 is 3.30. The number of nitrogens with zero attached hydrogens (tertiary/aromatic N) is 3. The van der Waals surface area contributed by atoms with Gasteiger partial charge in [-0.15, -0.1) is 11.3 Å². The van der Waals surface area contributed by atoms with Gasteiger partial charge in [0.05, 0.1) is 30.3 Å². The monoisotopic (exact) mass is 454 g/mol. The highest BCUT2D eigenvalue weighted by Crippen LogP contribution is 2.40. The summed E-state index contributed by atoms with van der Waals surface area (Å²) in [5.41, 5.74) is 3.30. The summed E-state index contributed by atoms with van der Waals surface area (Å²) in [4.78, 5) is 26.6. The Bertz CT molecular complexity index is 1090. The van der Waals surface area contributed by atoms with E-state index in [9.17, 15) is 4.79 Å². The van der Waals surface area contributed by atoms with Crippen molar-refractivity contribution in [2.24, 2.45) is 5.92 Å². The Labute approximate surface area is 190 Å². The second-order valence-corrected chi connectivity index (χ2v) is 10.2. The van der Waals surface area contributed by atoms with E-state index in [0.717, 1.165) is 53.1 Å². The van der Waals surface area contributed by atoms with Crippen molar-refractivity contribution in [1.29, 1.82) is 0 Å². The fraction of sp³-hybridized carbons (Fsp3) is 0.435. The van der Waals surface area contributed by atoms with E-state index in [1.165, 1.54) is 34.0 Å². The minimum absolute atomic E-state index is 0.0183. The first-order valence-electron chi connectivity index (χ1n) is 10.8. The SMILES string of the molecule is C[C@H]1CCc2c(sc3ncnc(SCC(=O)Nc4ccccc4N4CCOCC4)c23)C1. The minimum Gasteiger partial charge on any atom is -0.378 e. The van der Waals surface area contributed by atoms with E-state index >= 15 is 0 Å². The van der Waals surface area contributed by atoms with Gasteiger partial charge in [-0.2, -0.15) is 0 Å². The van der Waals surface area contributed by atoms with Gasteiger partial charge in [0.2, 0.25) is 5.91 Å². The molecule has 2 aromatic heterocycles. The van der Waals surface area contributed by atoms with Gasteiger partial charge >= 0.3 is 0 Å². The van der Waals surface area contributed by atoms with Crippen LogP contribution in [0.15, 0.2) is 35.6 Å². The maximum atomic E-state index is 12.8. The Morgan fingerprint density at radius 2 is 2.13 bits per heavy atom. The number of hydrogen-bond acceptors (Lipinski definition) is 7. The number of amides is 1. The van der Waals surface area contributed by atoms with Crippen LogP contribution in [0.5, 0.6) is 0 Å². The van der Waals surface area contributed by atoms with Crippen LogP contribution in [0.3, 0.4) is 0 Å². The summed E-state index contributed by atoms with van der Waals surface area (Å²) < 4.78 is 5.46. The quantitative estimate of drug-likeness (QED) is 0.456. The third-order valence-electron chi connectivity index (χ3n) is 5.93. The van der Waals surface area contributed by atoms with Crippen LogP contribution in [0.25, 0.3) is 10.2 Å². The number of fused-ring (bicyclic) bond motifs is 3. The Balaban J connectivity index is 1.30. The molecule has 5 rings (SSSR count). The van der Waals surface area contributed by atoms with Gasteiger partial charge < -0.3 is 15.0 Å². The van der Waals surface area contributed by atoms with E-state index in [0.29, 0.717) is 19.0 Å². The molecule has 0 saturated carbocycles. The molecule has 162 valence electrons. The Morgan fingerprint density at radius 1 is 1.29 bits per heavy atom. The minimum atomic E-state index is -0.0183. The predicted octanol–water partition coefficient (Wildman–Crippen LogP) is 4.38. The number of aromatic nitrogens is 2. The van der Waals surface area contributed by atoms with E-state index in [2.05, 4.69) is 33.2 Å². The fourth-order valence-electron chi connectivity index (χ4n) is 4.34. The molecule has 1 saturated heterocycles. The molecule has 1 amide bonds. The summed E-state index contributed by atoms with van der Waals surface area (Å²) in [7, 11) is 0. The van der Waals surface area contributed by atoms with E-state index in [4.69, 9.17) is 4.74 Å². The topological polar surface area (TPSA) is 67.4 Å². The maximum absolute atomic E-state index is 12.8. The van der Waals surface area contributed by atoms with Crippen LogP contribution in [-0.2, 0) is 22.4 Å². The lowest BCUT2D eigenvalue weighted by Crippen LogP contribution is -2.36. The molecule has 6 nitrogen and oxygen atoms in total. The lowest BCUT2D eigenvalue weighted by Gasteiger charge is -2.30. The standard InChI is InChI=1S/C23H26N4O2S2/c1-15-6-7-16-19(12-15)31-23-21(16)22(24-14-25-23)30-13-20(28)26-17-4-2-3-5-18(17)27-8-10-29-11-9-27/h2-5,14-15H,6-13H2,1H3,(H,26,28)/t15-/m0/s1. The van der Waals surface area contributed by atoms with Gasteiger partial charge in [-0.05, 0) is 42.9 Å². The molecule has 1 aromatic carbocycles. The average molecular weight is 455 g/mol. The zero-order valence-electron chi connectivity index (χ0n) is 17.6. The van der Waals surface area contributed by atoms with Gasteiger partial charge in [0, 0.05) is 23.4 Å². The Morgan fingerprint density at radius 3 is 3.00 bits per heavy atom. The number of para-hydroxylation sites is 2. The van der Waals surface area contributed by atoms with E-state index in [1.54, 1.807) is 17.7 Å². The second kappa shape index (κ2) is 9.14. The first-order valence-corrected chi connectivity index (χ1v) is 12.6. The molecule has 1 fully saturated rings. The normalized spacial score (nSPS) is 18.7. The van der Waals surface area contributed by atoms with Gasteiger partial charge in [-0.25, -0.2) is 9.97 Å². The highest BCUT2D eigenvalue weighted by Gasteiger charge is 2.23. The second-order valence-electron chi connectivity index (χ2n) is 8.16. The highest BCUT2D eigenvalue weighted by atomic mass is 32.2. The maximum Gasteiger partial charge on any atom is 0.234 e. The number of nitrogens with one attached hydrogen (secondary N) is 1. The van der Waals surface area contributed by atoms with Crippen LogP contribution in [0.2, 0.25) is 0 Å². The number of thiophene rings is 1. The molecule has 31 heavy (non-hydrogen) atoms. The van der Waals surface area contributed by atoms with Gasteiger partial charge in [0.25, 0.3) is 0 Å². The molecule has 3 aromatic rings. The van der Waals surface area contributed by atoms with Gasteiger partial charge in [0.1, 0.15) is 16.2 Å². The molecular weight excluding hydrogens is 428 g/mol. The number of aryl methyl sites for hydroxylation is 1. The molecule has 0 radical (unpaired) electrons. The number of anilines is 2. The zero-order valence-corrected chi connectivity index (χ0v) is 19.2. The lowest BCUT2D eigenvalue weighted by atomic mass is 9.89. The van der Waals surface area contributed by atoms with Crippen molar-refractivity contribution in [2.45, 2.75) is 31.2 Å². The fourth-order valence-corrected chi connectivity index (χ4v) is 6.58. The van der Waals surface area contributed by atoms with Crippen molar-refractivity contribution in [1.82, 2.24) is 9.97 Å². The molecule has 1 aliphatic heterocycles. The first-order chi connectivity index (χ1) is 15.2. The molecule has 1 atom stereocenters. The smallest absolute Gasteiger partial charge is 0.234 e. The van der Waals surface area contributed by atoms with Crippen LogP contribution in [0.1, 0.15) is 23.8 Å². The number of benzene rings is 1. The summed E-state index contributed by atoms with van der Waals surface area (Å²) in [5, 5.41) is 5.20. The number of carbonyl (C=O) groups excluding carboxylic acids is 1. The third-order valence-corrected chi connectivity index (χ3v) is 8.08. The van der Waals surface area contributed by atoms with Crippen LogP contribution >= 0.6 is 23.1 Å². The number of hydrogen-bond donors (Lipinski definition) is 1. The molecule has 8 heteroatoms. The van der Waals surface area contributed by atoms with E-state index in [1.807, 2.05) is 18.2 Å². The van der Waals surface area contributed by atoms with Crippen molar-refractivity contribution in [3.05, 3.63) is 41.0 Å². The number of morpholine rings is 1. The first kappa shape index (κ1) is 20.7. The van der Waals surface area contributed by atoms with Crippen LogP contribution < -0.4 is 10.2 Å². The molecular formula is C23H26N4O2S2. The van der Waals surface area contributed by atoms with Crippen LogP contribution in [-0.4, -0.2) is 47.9 Å². The van der Waals surface area contributed by atoms with Gasteiger partial charge in [-0.1, -0.05) is 30.8 Å². The summed E-state index contributed by atoms with van der Waals surface area (Å²) in [5.74, 6) is 1.03. The Hall–Kier alpha value is -2.16. The van der Waals surface area contributed by atoms with Crippen molar-refractivity contribution in [3.8, 4) is 0 Å². The molecule has 0 bridgehead atoms. The van der Waals surface area contributed by atoms with Crippen molar-refractivity contribution < 1.29 is 9.53 Å². The molecule has 1 N–H and O–H groups in total. The summed E-state index contributed by atoms with van der Waals surface area (Å²) in [6.07, 6.45) is 5.04. The van der Waals surface area contributed by atoms with Gasteiger partial charge in [-0.3, -0.25) is 4.79 Å². The average Bonchev–Trinajstić information content (AvgIpc) is 3.16. The van der Waals surface area contributed by atoms with E-state index < -0.39 is 0 Å².